The second-order valence-electron chi connectivity index (χ2n) is 5.23. The number of methoxy groups -OCH3 is 2. The van der Waals surface area contributed by atoms with Crippen molar-refractivity contribution in [3.05, 3.63) is 58.9 Å². The molecular formula is C19H17ClFNO5. The second kappa shape index (κ2) is 9.59. The van der Waals surface area contributed by atoms with Gasteiger partial charge in [-0.2, -0.15) is 0 Å². The van der Waals surface area contributed by atoms with E-state index in [9.17, 15) is 14.0 Å². The number of halogens is 2. The number of carbonyl (C=O) groups excluding carboxylic acids is 2. The van der Waals surface area contributed by atoms with E-state index < -0.39 is 18.5 Å². The quantitative estimate of drug-likeness (QED) is 0.573. The van der Waals surface area contributed by atoms with Crippen LogP contribution in [0.5, 0.6) is 11.5 Å². The van der Waals surface area contributed by atoms with Gasteiger partial charge in [-0.15, -0.1) is 0 Å². The molecule has 0 saturated carbocycles. The molecule has 0 unspecified atom stereocenters. The van der Waals surface area contributed by atoms with Gasteiger partial charge >= 0.3 is 5.97 Å². The van der Waals surface area contributed by atoms with Gasteiger partial charge in [0.1, 0.15) is 17.3 Å². The van der Waals surface area contributed by atoms with E-state index in [4.69, 9.17) is 25.8 Å². The Morgan fingerprint density at radius 2 is 1.78 bits per heavy atom. The summed E-state index contributed by atoms with van der Waals surface area (Å²) in [5.74, 6) is -0.972. The molecule has 0 aliphatic heterocycles. The summed E-state index contributed by atoms with van der Waals surface area (Å²) in [6.45, 7) is -0.499. The molecule has 1 N–H and O–H groups in total. The molecule has 1 amide bonds. The van der Waals surface area contributed by atoms with E-state index in [0.29, 0.717) is 27.8 Å². The molecule has 0 heterocycles. The summed E-state index contributed by atoms with van der Waals surface area (Å²) in [7, 11) is 2.86. The van der Waals surface area contributed by atoms with E-state index in [1.807, 2.05) is 0 Å². The van der Waals surface area contributed by atoms with Gasteiger partial charge in [-0.25, -0.2) is 9.18 Å². The third kappa shape index (κ3) is 6.00. The Morgan fingerprint density at radius 3 is 2.41 bits per heavy atom. The van der Waals surface area contributed by atoms with Crippen molar-refractivity contribution in [2.45, 2.75) is 0 Å². The standard InChI is InChI=1S/C19H17ClFNO5/c1-25-16-10-15(17(26-2)9-14(16)20)22-18(23)11-27-19(24)8-5-12-3-6-13(21)7-4-12/h3-10H,11H2,1-2H3,(H,22,23)/b8-5+. The topological polar surface area (TPSA) is 73.9 Å². The Balaban J connectivity index is 1.92. The Labute approximate surface area is 160 Å². The van der Waals surface area contributed by atoms with Crippen LogP contribution in [-0.4, -0.2) is 32.7 Å². The predicted octanol–water partition coefficient (Wildman–Crippen LogP) is 3.69. The van der Waals surface area contributed by atoms with Crippen LogP contribution in [0.1, 0.15) is 5.56 Å². The minimum absolute atomic E-state index is 0.321. The Hall–Kier alpha value is -3.06. The van der Waals surface area contributed by atoms with Crippen molar-refractivity contribution < 1.29 is 28.2 Å². The summed E-state index contributed by atoms with van der Waals surface area (Å²) in [5.41, 5.74) is 0.942. The molecule has 2 aromatic rings. The van der Waals surface area contributed by atoms with Gasteiger partial charge in [-0.3, -0.25) is 4.79 Å². The molecule has 0 spiro atoms. The summed E-state index contributed by atoms with van der Waals surface area (Å²) < 4.78 is 27.9. The molecule has 6 nitrogen and oxygen atoms in total. The summed E-state index contributed by atoms with van der Waals surface area (Å²) in [6, 6.07) is 8.54. The number of hydrogen-bond acceptors (Lipinski definition) is 5. The van der Waals surface area contributed by atoms with Crippen molar-refractivity contribution in [3.63, 3.8) is 0 Å². The van der Waals surface area contributed by atoms with Crippen molar-refractivity contribution in [1.29, 1.82) is 0 Å². The number of amides is 1. The van der Waals surface area contributed by atoms with Crippen LogP contribution in [0.15, 0.2) is 42.5 Å². The van der Waals surface area contributed by atoms with Gasteiger partial charge in [0.15, 0.2) is 6.61 Å². The minimum Gasteiger partial charge on any atom is -0.495 e. The maximum Gasteiger partial charge on any atom is 0.331 e. The van der Waals surface area contributed by atoms with Crippen molar-refractivity contribution in [2.75, 3.05) is 26.1 Å². The highest BCUT2D eigenvalue weighted by Gasteiger charge is 2.13. The molecule has 0 aliphatic carbocycles. The average molecular weight is 394 g/mol. The molecule has 8 heteroatoms. The lowest BCUT2D eigenvalue weighted by molar-refractivity contribution is -0.142. The van der Waals surface area contributed by atoms with Crippen LogP contribution in [0.4, 0.5) is 10.1 Å². The molecule has 0 bridgehead atoms. The third-order valence-electron chi connectivity index (χ3n) is 3.38. The lowest BCUT2D eigenvalue weighted by Crippen LogP contribution is -2.20. The smallest absolute Gasteiger partial charge is 0.331 e. The van der Waals surface area contributed by atoms with E-state index >= 15 is 0 Å². The number of hydrogen-bond donors (Lipinski definition) is 1. The maximum absolute atomic E-state index is 12.8. The Bertz CT molecular complexity index is 852. The third-order valence-corrected chi connectivity index (χ3v) is 3.67. The van der Waals surface area contributed by atoms with Gasteiger partial charge in [0.25, 0.3) is 5.91 Å². The van der Waals surface area contributed by atoms with Crippen LogP contribution >= 0.6 is 11.6 Å². The first-order valence-corrected chi connectivity index (χ1v) is 8.12. The summed E-state index contributed by atoms with van der Waals surface area (Å²) in [4.78, 5) is 23.7. The molecule has 2 aromatic carbocycles. The van der Waals surface area contributed by atoms with Crippen molar-refractivity contribution in [3.8, 4) is 11.5 Å². The number of rotatable bonds is 7. The zero-order valence-corrected chi connectivity index (χ0v) is 15.4. The molecule has 27 heavy (non-hydrogen) atoms. The summed E-state index contributed by atoms with van der Waals surface area (Å²) in [5, 5.41) is 2.88. The number of benzene rings is 2. The van der Waals surface area contributed by atoms with Crippen molar-refractivity contribution in [1.82, 2.24) is 0 Å². The largest absolute Gasteiger partial charge is 0.495 e. The molecular weight excluding hydrogens is 377 g/mol. The zero-order chi connectivity index (χ0) is 19.8. The SMILES string of the molecule is COc1cc(NC(=O)COC(=O)/C=C/c2ccc(F)cc2)c(OC)cc1Cl. The fourth-order valence-electron chi connectivity index (χ4n) is 2.07. The van der Waals surface area contributed by atoms with Gasteiger partial charge in [-0.1, -0.05) is 23.7 Å². The first kappa shape index (κ1) is 20.3. The summed E-state index contributed by atoms with van der Waals surface area (Å²) >= 11 is 6.00. The van der Waals surface area contributed by atoms with E-state index in [0.717, 1.165) is 6.08 Å². The maximum atomic E-state index is 12.8. The van der Waals surface area contributed by atoms with Crippen molar-refractivity contribution >= 4 is 35.2 Å². The second-order valence-corrected chi connectivity index (χ2v) is 5.64. The number of nitrogens with one attached hydrogen (secondary N) is 1. The van der Waals surface area contributed by atoms with Gasteiger partial charge in [0.05, 0.1) is 24.9 Å². The number of carbonyl (C=O) groups is 2. The lowest BCUT2D eigenvalue weighted by atomic mass is 10.2. The highest BCUT2D eigenvalue weighted by Crippen LogP contribution is 2.35. The normalized spacial score (nSPS) is 10.5. The monoisotopic (exact) mass is 393 g/mol. The first-order chi connectivity index (χ1) is 12.9. The lowest BCUT2D eigenvalue weighted by Gasteiger charge is -2.13. The average Bonchev–Trinajstić information content (AvgIpc) is 2.66. The molecule has 142 valence electrons. The van der Waals surface area contributed by atoms with Crippen LogP contribution in [0.2, 0.25) is 5.02 Å². The molecule has 0 aliphatic rings. The molecule has 0 fully saturated rings. The number of esters is 1. The van der Waals surface area contributed by atoms with Crippen molar-refractivity contribution in [2.24, 2.45) is 0 Å². The van der Waals surface area contributed by atoms with Crippen LogP contribution in [0, 0.1) is 5.82 Å². The zero-order valence-electron chi connectivity index (χ0n) is 14.6. The van der Waals surface area contributed by atoms with E-state index in [2.05, 4.69) is 5.32 Å². The van der Waals surface area contributed by atoms with Crippen LogP contribution in [0.3, 0.4) is 0 Å². The summed E-state index contributed by atoms with van der Waals surface area (Å²) in [6.07, 6.45) is 2.60. The molecule has 0 atom stereocenters. The molecule has 2 rings (SSSR count). The highest BCUT2D eigenvalue weighted by atomic mass is 35.5. The van der Waals surface area contributed by atoms with Gasteiger partial charge in [0, 0.05) is 18.2 Å². The van der Waals surface area contributed by atoms with Gasteiger partial charge in [-0.05, 0) is 23.8 Å². The Morgan fingerprint density at radius 1 is 1.11 bits per heavy atom. The van der Waals surface area contributed by atoms with E-state index in [1.54, 1.807) is 0 Å². The number of anilines is 1. The molecule has 0 radical (unpaired) electrons. The number of ether oxygens (including phenoxy) is 3. The van der Waals surface area contributed by atoms with Crippen LogP contribution in [-0.2, 0) is 14.3 Å². The first-order valence-electron chi connectivity index (χ1n) is 7.74. The van der Waals surface area contributed by atoms with E-state index in [-0.39, 0.29) is 5.82 Å². The van der Waals surface area contributed by atoms with Gasteiger partial charge in [0.2, 0.25) is 0 Å². The van der Waals surface area contributed by atoms with Gasteiger partial charge < -0.3 is 19.5 Å². The molecule has 0 aromatic heterocycles. The fraction of sp³-hybridized carbons (Fsp3) is 0.158. The fourth-order valence-corrected chi connectivity index (χ4v) is 2.30. The van der Waals surface area contributed by atoms with E-state index in [1.165, 1.54) is 56.7 Å². The Kier molecular flexibility index (Phi) is 7.19. The van der Waals surface area contributed by atoms with Crippen LogP contribution < -0.4 is 14.8 Å². The highest BCUT2D eigenvalue weighted by molar-refractivity contribution is 6.32. The predicted molar refractivity (Wildman–Crippen MR) is 99.6 cm³/mol. The minimum atomic E-state index is -0.713. The molecule has 0 saturated heterocycles. The van der Waals surface area contributed by atoms with Crippen LogP contribution in [0.25, 0.3) is 6.08 Å².